The first kappa shape index (κ1) is 16.1. The molecule has 0 aromatic heterocycles. The molecule has 0 spiro atoms. The van der Waals surface area contributed by atoms with Gasteiger partial charge in [-0.15, -0.1) is 0 Å². The number of rotatable bonds is 8. The van der Waals surface area contributed by atoms with Crippen LogP contribution in [0.1, 0.15) is 91.9 Å². The van der Waals surface area contributed by atoms with Crippen LogP contribution in [-0.2, 0) is 0 Å². The second kappa shape index (κ2) is 8.99. The zero-order valence-corrected chi connectivity index (χ0v) is 13.4. The molecule has 0 heterocycles. The fraction of sp³-hybridized carbons (Fsp3) is 1.00. The lowest BCUT2D eigenvalue weighted by molar-refractivity contribution is 0.163. The van der Waals surface area contributed by atoms with Crippen LogP contribution < -0.4 is 0 Å². The highest BCUT2D eigenvalue weighted by molar-refractivity contribution is 4.78. The fourth-order valence-corrected chi connectivity index (χ4v) is 3.89. The molecular formula is C18H36. The Bertz CT molecular complexity index is 186. The molecule has 1 fully saturated rings. The van der Waals surface area contributed by atoms with E-state index in [2.05, 4.69) is 27.7 Å². The third-order valence-electron chi connectivity index (χ3n) is 5.38. The van der Waals surface area contributed by atoms with Crippen LogP contribution in [-0.4, -0.2) is 0 Å². The molecule has 0 nitrogen and oxygen atoms in total. The smallest absolute Gasteiger partial charge is 0.0386 e. The van der Waals surface area contributed by atoms with Crippen LogP contribution in [0, 0.1) is 23.7 Å². The van der Waals surface area contributed by atoms with E-state index in [0.717, 1.165) is 23.7 Å². The normalized spacial score (nSPS) is 26.5. The minimum absolute atomic E-state index is 0.913. The maximum absolute atomic E-state index is 2.42. The predicted octanol–water partition coefficient (Wildman–Crippen LogP) is 6.45. The van der Waals surface area contributed by atoms with Gasteiger partial charge in [0.05, 0.1) is 0 Å². The summed E-state index contributed by atoms with van der Waals surface area (Å²) in [6.07, 6.45) is 14.8. The molecule has 0 N–H and O–H groups in total. The van der Waals surface area contributed by atoms with Gasteiger partial charge in [-0.3, -0.25) is 0 Å². The molecule has 0 aliphatic heterocycles. The Labute approximate surface area is 116 Å². The monoisotopic (exact) mass is 252 g/mol. The highest BCUT2D eigenvalue weighted by Gasteiger charge is 2.27. The summed E-state index contributed by atoms with van der Waals surface area (Å²) in [7, 11) is 0. The van der Waals surface area contributed by atoms with Crippen molar-refractivity contribution in [3.8, 4) is 0 Å². The van der Waals surface area contributed by atoms with E-state index in [1.807, 2.05) is 0 Å². The van der Waals surface area contributed by atoms with Crippen molar-refractivity contribution in [1.29, 1.82) is 0 Å². The van der Waals surface area contributed by atoms with Crippen LogP contribution >= 0.6 is 0 Å². The van der Waals surface area contributed by atoms with Crippen molar-refractivity contribution in [2.24, 2.45) is 23.7 Å². The molecule has 1 saturated carbocycles. The van der Waals surface area contributed by atoms with Crippen molar-refractivity contribution in [3.63, 3.8) is 0 Å². The SMILES string of the molecule is CCCCCCC(CC)C1CCC(C(C)C)CC1. The Hall–Kier alpha value is 0. The highest BCUT2D eigenvalue weighted by Crippen LogP contribution is 2.39. The molecule has 0 aromatic rings. The quantitative estimate of drug-likeness (QED) is 0.436. The van der Waals surface area contributed by atoms with Crippen molar-refractivity contribution >= 4 is 0 Å². The molecule has 0 bridgehead atoms. The Morgan fingerprint density at radius 2 is 1.44 bits per heavy atom. The maximum atomic E-state index is 2.42. The van der Waals surface area contributed by atoms with Crippen LogP contribution in [0.3, 0.4) is 0 Å². The van der Waals surface area contributed by atoms with Gasteiger partial charge >= 0.3 is 0 Å². The van der Waals surface area contributed by atoms with Gasteiger partial charge in [0.25, 0.3) is 0 Å². The lowest BCUT2D eigenvalue weighted by Crippen LogP contribution is -2.23. The van der Waals surface area contributed by atoms with E-state index in [1.54, 1.807) is 0 Å². The van der Waals surface area contributed by atoms with Gasteiger partial charge in [-0.1, -0.05) is 66.2 Å². The summed E-state index contributed by atoms with van der Waals surface area (Å²) >= 11 is 0. The van der Waals surface area contributed by atoms with E-state index in [1.165, 1.54) is 64.2 Å². The molecule has 1 unspecified atom stereocenters. The Morgan fingerprint density at radius 3 is 1.94 bits per heavy atom. The minimum Gasteiger partial charge on any atom is -0.0654 e. The first-order valence-corrected chi connectivity index (χ1v) is 8.69. The molecule has 0 aromatic carbocycles. The van der Waals surface area contributed by atoms with Crippen LogP contribution in [0.25, 0.3) is 0 Å². The van der Waals surface area contributed by atoms with E-state index in [4.69, 9.17) is 0 Å². The van der Waals surface area contributed by atoms with Gasteiger partial charge in [-0.05, 0) is 49.4 Å². The summed E-state index contributed by atoms with van der Waals surface area (Å²) in [5, 5.41) is 0. The third-order valence-corrected chi connectivity index (χ3v) is 5.38. The molecule has 18 heavy (non-hydrogen) atoms. The van der Waals surface area contributed by atoms with E-state index in [9.17, 15) is 0 Å². The van der Waals surface area contributed by atoms with E-state index in [-0.39, 0.29) is 0 Å². The van der Waals surface area contributed by atoms with Gasteiger partial charge in [0.2, 0.25) is 0 Å². The molecule has 1 aliphatic rings. The fourth-order valence-electron chi connectivity index (χ4n) is 3.89. The largest absolute Gasteiger partial charge is 0.0654 e. The molecular weight excluding hydrogens is 216 g/mol. The molecule has 0 heteroatoms. The molecule has 1 atom stereocenters. The van der Waals surface area contributed by atoms with Crippen LogP contribution in [0.4, 0.5) is 0 Å². The summed E-state index contributed by atoms with van der Waals surface area (Å²) in [5.41, 5.74) is 0. The molecule has 1 rings (SSSR count). The minimum atomic E-state index is 0.913. The Balaban J connectivity index is 2.25. The van der Waals surface area contributed by atoms with E-state index in [0.29, 0.717) is 0 Å². The third kappa shape index (κ3) is 5.33. The van der Waals surface area contributed by atoms with Gasteiger partial charge in [0.15, 0.2) is 0 Å². The van der Waals surface area contributed by atoms with Crippen molar-refractivity contribution in [2.45, 2.75) is 91.9 Å². The van der Waals surface area contributed by atoms with Crippen LogP contribution in [0.5, 0.6) is 0 Å². The maximum Gasteiger partial charge on any atom is -0.0386 e. The van der Waals surface area contributed by atoms with Gasteiger partial charge in [0.1, 0.15) is 0 Å². The van der Waals surface area contributed by atoms with Crippen molar-refractivity contribution in [2.75, 3.05) is 0 Å². The topological polar surface area (TPSA) is 0 Å². The van der Waals surface area contributed by atoms with Gasteiger partial charge in [-0.2, -0.15) is 0 Å². The average Bonchev–Trinajstić information content (AvgIpc) is 2.39. The zero-order valence-electron chi connectivity index (χ0n) is 13.4. The van der Waals surface area contributed by atoms with Crippen molar-refractivity contribution in [1.82, 2.24) is 0 Å². The summed E-state index contributed by atoms with van der Waals surface area (Å²) in [4.78, 5) is 0. The van der Waals surface area contributed by atoms with Crippen LogP contribution in [0.2, 0.25) is 0 Å². The number of hydrogen-bond acceptors (Lipinski definition) is 0. The summed E-state index contributed by atoms with van der Waals surface area (Å²) in [5.74, 6) is 4.04. The Morgan fingerprint density at radius 1 is 0.833 bits per heavy atom. The lowest BCUT2D eigenvalue weighted by Gasteiger charge is -2.35. The molecule has 0 saturated heterocycles. The molecule has 1 aliphatic carbocycles. The first-order chi connectivity index (χ1) is 8.69. The number of unbranched alkanes of at least 4 members (excludes halogenated alkanes) is 3. The second-order valence-corrected chi connectivity index (χ2v) is 6.94. The number of hydrogen-bond donors (Lipinski definition) is 0. The Kier molecular flexibility index (Phi) is 8.02. The lowest BCUT2D eigenvalue weighted by atomic mass is 9.71. The van der Waals surface area contributed by atoms with Gasteiger partial charge < -0.3 is 0 Å². The highest BCUT2D eigenvalue weighted by atomic mass is 14.3. The average molecular weight is 252 g/mol. The zero-order chi connectivity index (χ0) is 13.4. The van der Waals surface area contributed by atoms with Gasteiger partial charge in [-0.25, -0.2) is 0 Å². The molecule has 0 radical (unpaired) electrons. The predicted molar refractivity (Wildman–Crippen MR) is 82.8 cm³/mol. The summed E-state index contributed by atoms with van der Waals surface area (Å²) < 4.78 is 0. The van der Waals surface area contributed by atoms with Crippen molar-refractivity contribution in [3.05, 3.63) is 0 Å². The second-order valence-electron chi connectivity index (χ2n) is 6.94. The molecule has 108 valence electrons. The van der Waals surface area contributed by atoms with Crippen LogP contribution in [0.15, 0.2) is 0 Å². The summed E-state index contributed by atoms with van der Waals surface area (Å²) in [6.45, 7) is 9.55. The van der Waals surface area contributed by atoms with Gasteiger partial charge in [0, 0.05) is 0 Å². The van der Waals surface area contributed by atoms with E-state index >= 15 is 0 Å². The molecule has 0 amide bonds. The standard InChI is InChI=1S/C18H36/c1-5-7-8-9-10-16(6-2)18-13-11-17(12-14-18)15(3)4/h15-18H,5-14H2,1-4H3. The first-order valence-electron chi connectivity index (χ1n) is 8.69. The summed E-state index contributed by atoms with van der Waals surface area (Å²) in [6, 6.07) is 0. The van der Waals surface area contributed by atoms with Crippen molar-refractivity contribution < 1.29 is 0 Å². The van der Waals surface area contributed by atoms with E-state index < -0.39 is 0 Å².